The highest BCUT2D eigenvalue weighted by Gasteiger charge is 2.46. The molecular weight excluding hydrogens is 320 g/mol. The second-order valence-electron chi connectivity index (χ2n) is 7.33. The molecule has 0 aromatic heterocycles. The van der Waals surface area contributed by atoms with Crippen molar-refractivity contribution in [2.24, 2.45) is 5.92 Å². The van der Waals surface area contributed by atoms with Gasteiger partial charge in [0.25, 0.3) is 0 Å². The topological polar surface area (TPSA) is 62.2 Å². The van der Waals surface area contributed by atoms with Gasteiger partial charge >= 0.3 is 0 Å². The van der Waals surface area contributed by atoms with Crippen LogP contribution in [0.4, 0.5) is 0 Å². The van der Waals surface area contributed by atoms with E-state index in [1.54, 1.807) is 6.92 Å². The van der Waals surface area contributed by atoms with Gasteiger partial charge in [0.1, 0.15) is 13.2 Å². The van der Waals surface area contributed by atoms with E-state index in [9.17, 15) is 9.90 Å². The van der Waals surface area contributed by atoms with Crippen LogP contribution in [0.5, 0.6) is 11.5 Å². The summed E-state index contributed by atoms with van der Waals surface area (Å²) in [6.07, 6.45) is 0.608. The third kappa shape index (κ3) is 3.60. The summed E-state index contributed by atoms with van der Waals surface area (Å²) in [7, 11) is 0. The maximum Gasteiger partial charge on any atom is 0.226 e. The van der Waals surface area contributed by atoms with Crippen molar-refractivity contribution < 1.29 is 19.4 Å². The second-order valence-corrected chi connectivity index (χ2v) is 7.33. The van der Waals surface area contributed by atoms with E-state index >= 15 is 0 Å². The Morgan fingerprint density at radius 1 is 1.20 bits per heavy atom. The molecule has 1 amide bonds. The zero-order valence-corrected chi connectivity index (χ0v) is 14.7. The Morgan fingerprint density at radius 2 is 1.92 bits per heavy atom. The van der Waals surface area contributed by atoms with Crippen LogP contribution in [-0.4, -0.2) is 72.9 Å². The Bertz CT molecular complexity index is 640. The molecule has 0 spiro atoms. The molecular formula is C19H26N2O4. The zero-order chi connectivity index (χ0) is 17.4. The predicted octanol–water partition coefficient (Wildman–Crippen LogP) is 1.09. The molecule has 0 bridgehead atoms. The van der Waals surface area contributed by atoms with Crippen LogP contribution in [0.1, 0.15) is 24.8 Å². The third-order valence-electron chi connectivity index (χ3n) is 5.31. The van der Waals surface area contributed by atoms with Crippen LogP contribution in [0.25, 0.3) is 0 Å². The first kappa shape index (κ1) is 16.7. The number of hydrogen-bond acceptors (Lipinski definition) is 5. The summed E-state index contributed by atoms with van der Waals surface area (Å²) in [5, 5.41) is 9.48. The number of carbonyl (C=O) groups excluding carboxylic acids is 1. The minimum absolute atomic E-state index is 0.103. The van der Waals surface area contributed by atoms with Gasteiger partial charge in [0.15, 0.2) is 11.5 Å². The predicted molar refractivity (Wildman–Crippen MR) is 93.0 cm³/mol. The number of aliphatic hydroxyl groups is 1. The summed E-state index contributed by atoms with van der Waals surface area (Å²) >= 11 is 0. The molecule has 2 aliphatic heterocycles. The summed E-state index contributed by atoms with van der Waals surface area (Å²) in [5.41, 5.74) is 1.18. The molecule has 6 heteroatoms. The number of carbonyl (C=O) groups is 1. The second kappa shape index (κ2) is 6.84. The minimum Gasteiger partial charge on any atom is -0.486 e. The Kier molecular flexibility index (Phi) is 4.56. The van der Waals surface area contributed by atoms with Gasteiger partial charge in [-0.15, -0.1) is 0 Å². The molecule has 1 N–H and O–H groups in total. The monoisotopic (exact) mass is 346 g/mol. The first-order valence-corrected chi connectivity index (χ1v) is 9.20. The standard InChI is InChI=1S/C19H26N2O4/c1-13(22)12-20-4-6-21(7-5-20)19(23)16-11-15(16)14-2-3-17-18(10-14)25-9-8-24-17/h2-3,10,13,15-16,22H,4-9,11-12H2,1H3/t13-,15?,16?/m1/s1. The van der Waals surface area contributed by atoms with E-state index < -0.39 is 0 Å². The molecule has 2 fully saturated rings. The fourth-order valence-corrected chi connectivity index (χ4v) is 3.89. The average Bonchev–Trinajstić information content (AvgIpc) is 3.41. The van der Waals surface area contributed by atoms with Crippen molar-refractivity contribution in [3.63, 3.8) is 0 Å². The van der Waals surface area contributed by atoms with E-state index in [4.69, 9.17) is 9.47 Å². The van der Waals surface area contributed by atoms with Crippen LogP contribution >= 0.6 is 0 Å². The fourth-order valence-electron chi connectivity index (χ4n) is 3.89. The molecule has 0 radical (unpaired) electrons. The minimum atomic E-state index is -0.315. The van der Waals surface area contributed by atoms with Crippen LogP contribution in [0.15, 0.2) is 18.2 Å². The van der Waals surface area contributed by atoms with E-state index in [-0.39, 0.29) is 17.9 Å². The maximum atomic E-state index is 12.8. The number of rotatable bonds is 4. The van der Waals surface area contributed by atoms with Gasteiger partial charge < -0.3 is 19.5 Å². The smallest absolute Gasteiger partial charge is 0.226 e. The molecule has 1 aliphatic carbocycles. The van der Waals surface area contributed by atoms with Crippen molar-refractivity contribution in [3.8, 4) is 11.5 Å². The molecule has 3 atom stereocenters. The SMILES string of the molecule is C[C@@H](O)CN1CCN(C(=O)C2CC2c2ccc3c(c2)OCCO3)CC1. The van der Waals surface area contributed by atoms with Crippen LogP contribution in [-0.2, 0) is 4.79 Å². The van der Waals surface area contributed by atoms with Gasteiger partial charge in [-0.1, -0.05) is 6.07 Å². The summed E-state index contributed by atoms with van der Waals surface area (Å²) < 4.78 is 11.2. The zero-order valence-electron chi connectivity index (χ0n) is 14.7. The molecule has 1 saturated carbocycles. The normalized spacial score (nSPS) is 27.0. The molecule has 6 nitrogen and oxygen atoms in total. The molecule has 2 unspecified atom stereocenters. The number of fused-ring (bicyclic) bond motifs is 1. The molecule has 1 aromatic carbocycles. The van der Waals surface area contributed by atoms with Crippen molar-refractivity contribution in [2.75, 3.05) is 45.9 Å². The molecule has 4 rings (SSSR count). The lowest BCUT2D eigenvalue weighted by Gasteiger charge is -2.35. The van der Waals surface area contributed by atoms with Crippen LogP contribution in [0.2, 0.25) is 0 Å². The lowest BCUT2D eigenvalue weighted by atomic mass is 10.1. The summed E-state index contributed by atoms with van der Waals surface area (Å²) in [6.45, 7) is 6.88. The van der Waals surface area contributed by atoms with Crippen molar-refractivity contribution in [2.45, 2.75) is 25.4 Å². The summed E-state index contributed by atoms with van der Waals surface area (Å²) in [5.74, 6) is 2.28. The Hall–Kier alpha value is -1.79. The number of benzene rings is 1. The quantitative estimate of drug-likeness (QED) is 0.884. The number of hydrogen-bond donors (Lipinski definition) is 1. The van der Waals surface area contributed by atoms with E-state index in [1.807, 2.05) is 17.0 Å². The van der Waals surface area contributed by atoms with Crippen LogP contribution in [0.3, 0.4) is 0 Å². The van der Waals surface area contributed by atoms with Gasteiger partial charge in [-0.25, -0.2) is 0 Å². The van der Waals surface area contributed by atoms with E-state index in [0.29, 0.717) is 25.7 Å². The highest BCUT2D eigenvalue weighted by atomic mass is 16.6. The number of amides is 1. The van der Waals surface area contributed by atoms with Gasteiger partial charge in [-0.05, 0) is 37.0 Å². The number of nitrogens with zero attached hydrogens (tertiary/aromatic N) is 2. The number of piperazine rings is 1. The van der Waals surface area contributed by atoms with Gasteiger partial charge in [-0.3, -0.25) is 9.69 Å². The Balaban J connectivity index is 1.33. The Labute approximate surface area is 148 Å². The van der Waals surface area contributed by atoms with Crippen molar-refractivity contribution in [3.05, 3.63) is 23.8 Å². The van der Waals surface area contributed by atoms with Crippen molar-refractivity contribution in [1.29, 1.82) is 0 Å². The van der Waals surface area contributed by atoms with Gasteiger partial charge in [0, 0.05) is 38.6 Å². The maximum absolute atomic E-state index is 12.8. The first-order chi connectivity index (χ1) is 12.1. The van der Waals surface area contributed by atoms with Gasteiger partial charge in [0.05, 0.1) is 6.10 Å². The Morgan fingerprint density at radius 3 is 2.64 bits per heavy atom. The molecule has 2 heterocycles. The van der Waals surface area contributed by atoms with Crippen molar-refractivity contribution >= 4 is 5.91 Å². The van der Waals surface area contributed by atoms with Gasteiger partial charge in [-0.2, -0.15) is 0 Å². The highest BCUT2D eigenvalue weighted by Crippen LogP contribution is 2.50. The molecule has 1 aromatic rings. The number of ether oxygens (including phenoxy) is 2. The largest absolute Gasteiger partial charge is 0.486 e. The van der Waals surface area contributed by atoms with Crippen LogP contribution < -0.4 is 9.47 Å². The van der Waals surface area contributed by atoms with E-state index in [1.165, 1.54) is 5.56 Å². The summed E-state index contributed by atoms with van der Waals surface area (Å²) in [6, 6.07) is 6.05. The average molecular weight is 346 g/mol. The lowest BCUT2D eigenvalue weighted by Crippen LogP contribution is -2.50. The molecule has 136 valence electrons. The van der Waals surface area contributed by atoms with E-state index in [2.05, 4.69) is 11.0 Å². The van der Waals surface area contributed by atoms with Gasteiger partial charge in [0.2, 0.25) is 5.91 Å². The first-order valence-electron chi connectivity index (χ1n) is 9.20. The fraction of sp³-hybridized carbons (Fsp3) is 0.632. The molecule has 3 aliphatic rings. The molecule has 1 saturated heterocycles. The third-order valence-corrected chi connectivity index (χ3v) is 5.31. The molecule has 25 heavy (non-hydrogen) atoms. The summed E-state index contributed by atoms with van der Waals surface area (Å²) in [4.78, 5) is 17.0. The number of β-amino-alcohol motifs (C(OH)–C–C–N with tert-alkyl or cyclic N) is 1. The van der Waals surface area contributed by atoms with Crippen LogP contribution in [0, 0.1) is 5.92 Å². The number of aliphatic hydroxyl groups excluding tert-OH is 1. The lowest BCUT2D eigenvalue weighted by molar-refractivity contribution is -0.134. The van der Waals surface area contributed by atoms with Crippen molar-refractivity contribution in [1.82, 2.24) is 9.80 Å². The van der Waals surface area contributed by atoms with E-state index in [0.717, 1.165) is 44.1 Å². The highest BCUT2D eigenvalue weighted by molar-refractivity contribution is 5.83.